The Balaban J connectivity index is 2.00. The van der Waals surface area contributed by atoms with Gasteiger partial charge in [0.25, 0.3) is 0 Å². The van der Waals surface area contributed by atoms with Crippen LogP contribution in [-0.2, 0) is 13.1 Å². The molecule has 0 fully saturated rings. The first-order valence-electron chi connectivity index (χ1n) is 5.83. The molecule has 0 unspecified atom stereocenters. The molecule has 0 amide bonds. The quantitative estimate of drug-likeness (QED) is 0.924. The van der Waals surface area contributed by atoms with Gasteiger partial charge >= 0.3 is 0 Å². The Morgan fingerprint density at radius 3 is 2.74 bits per heavy atom. The normalized spacial score (nSPS) is 10.2. The summed E-state index contributed by atoms with van der Waals surface area (Å²) in [4.78, 5) is 0. The number of rotatable bonds is 4. The van der Waals surface area contributed by atoms with Crippen molar-refractivity contribution in [3.8, 4) is 6.07 Å². The van der Waals surface area contributed by atoms with E-state index in [2.05, 4.69) is 11.4 Å². The maximum Gasteiger partial charge on any atom is 0.123 e. The van der Waals surface area contributed by atoms with Crippen molar-refractivity contribution in [2.24, 2.45) is 0 Å². The van der Waals surface area contributed by atoms with Crippen LogP contribution in [-0.4, -0.2) is 0 Å². The highest BCUT2D eigenvalue weighted by Gasteiger charge is 2.03. The second kappa shape index (κ2) is 6.33. The molecular weight excluding hydrogens is 263 g/mol. The van der Waals surface area contributed by atoms with E-state index in [9.17, 15) is 4.39 Å². The lowest BCUT2D eigenvalue weighted by Crippen LogP contribution is -2.13. The van der Waals surface area contributed by atoms with Gasteiger partial charge in [-0.2, -0.15) is 5.26 Å². The van der Waals surface area contributed by atoms with Crippen molar-refractivity contribution < 1.29 is 4.39 Å². The van der Waals surface area contributed by atoms with Gasteiger partial charge in [-0.25, -0.2) is 4.39 Å². The third-order valence-electron chi connectivity index (χ3n) is 2.72. The van der Waals surface area contributed by atoms with Gasteiger partial charge in [-0.1, -0.05) is 23.7 Å². The Morgan fingerprint density at radius 1 is 1.16 bits per heavy atom. The van der Waals surface area contributed by atoms with E-state index in [0.29, 0.717) is 29.2 Å². The van der Waals surface area contributed by atoms with Crippen molar-refractivity contribution in [2.45, 2.75) is 13.1 Å². The van der Waals surface area contributed by atoms with Crippen molar-refractivity contribution in [1.82, 2.24) is 5.32 Å². The van der Waals surface area contributed by atoms with Gasteiger partial charge in [-0.05, 0) is 41.5 Å². The minimum absolute atomic E-state index is 0.335. The van der Waals surface area contributed by atoms with E-state index < -0.39 is 0 Å². The lowest BCUT2D eigenvalue weighted by atomic mass is 10.1. The minimum atomic E-state index is -0.335. The Hall–Kier alpha value is -1.89. The van der Waals surface area contributed by atoms with Crippen LogP contribution < -0.4 is 5.32 Å². The summed E-state index contributed by atoms with van der Waals surface area (Å²) in [7, 11) is 0. The number of nitriles is 1. The molecule has 0 atom stereocenters. The van der Waals surface area contributed by atoms with Crippen LogP contribution in [0.4, 0.5) is 4.39 Å². The van der Waals surface area contributed by atoms with Crippen LogP contribution in [0.1, 0.15) is 16.7 Å². The van der Waals surface area contributed by atoms with Crippen molar-refractivity contribution in [3.63, 3.8) is 0 Å². The molecule has 0 aliphatic carbocycles. The van der Waals surface area contributed by atoms with Crippen LogP contribution in [0.15, 0.2) is 42.5 Å². The summed E-state index contributed by atoms with van der Waals surface area (Å²) in [5.41, 5.74) is 2.19. The summed E-state index contributed by atoms with van der Waals surface area (Å²) < 4.78 is 13.1. The molecule has 0 aliphatic heterocycles. The lowest BCUT2D eigenvalue weighted by Gasteiger charge is -2.07. The largest absolute Gasteiger partial charge is 0.309 e. The molecule has 0 spiro atoms. The summed E-state index contributed by atoms with van der Waals surface area (Å²) in [6.07, 6.45) is 0. The molecule has 2 nitrogen and oxygen atoms in total. The van der Waals surface area contributed by atoms with Gasteiger partial charge in [0.2, 0.25) is 0 Å². The van der Waals surface area contributed by atoms with Crippen molar-refractivity contribution in [3.05, 3.63) is 70.0 Å². The average Bonchev–Trinajstić information content (AvgIpc) is 2.39. The number of halogens is 2. The smallest absolute Gasteiger partial charge is 0.123 e. The SMILES string of the molecule is N#Cc1ccc(F)cc1CNCc1cccc(Cl)c1. The van der Waals surface area contributed by atoms with Gasteiger partial charge in [0.05, 0.1) is 11.6 Å². The van der Waals surface area contributed by atoms with E-state index in [0.717, 1.165) is 5.56 Å². The minimum Gasteiger partial charge on any atom is -0.309 e. The molecule has 0 heterocycles. The molecule has 0 bridgehead atoms. The van der Waals surface area contributed by atoms with E-state index >= 15 is 0 Å². The molecule has 0 aromatic heterocycles. The van der Waals surface area contributed by atoms with Gasteiger partial charge in [0, 0.05) is 18.1 Å². The zero-order chi connectivity index (χ0) is 13.7. The van der Waals surface area contributed by atoms with E-state index in [4.69, 9.17) is 16.9 Å². The standard InChI is InChI=1S/C15H12ClFN2/c16-14-3-1-2-11(6-14)9-19-10-13-7-15(17)5-4-12(13)8-18/h1-7,19H,9-10H2. The van der Waals surface area contributed by atoms with Crippen LogP contribution in [0.5, 0.6) is 0 Å². The molecule has 0 aliphatic rings. The molecule has 2 rings (SSSR count). The van der Waals surface area contributed by atoms with Crippen LogP contribution in [0, 0.1) is 17.1 Å². The zero-order valence-corrected chi connectivity index (χ0v) is 10.9. The van der Waals surface area contributed by atoms with Crippen LogP contribution in [0.3, 0.4) is 0 Å². The summed E-state index contributed by atoms with van der Waals surface area (Å²) in [5.74, 6) is -0.335. The van der Waals surface area contributed by atoms with Gasteiger partial charge in [0.15, 0.2) is 0 Å². The molecule has 2 aromatic rings. The molecule has 4 heteroatoms. The van der Waals surface area contributed by atoms with Crippen molar-refractivity contribution in [1.29, 1.82) is 5.26 Å². The van der Waals surface area contributed by atoms with Crippen molar-refractivity contribution >= 4 is 11.6 Å². The molecule has 19 heavy (non-hydrogen) atoms. The average molecular weight is 275 g/mol. The van der Waals surface area contributed by atoms with E-state index in [-0.39, 0.29) is 5.82 Å². The number of hydrogen-bond donors (Lipinski definition) is 1. The molecular formula is C15H12ClFN2. The second-order valence-corrected chi connectivity index (χ2v) is 4.58. The van der Waals surface area contributed by atoms with Crippen LogP contribution >= 0.6 is 11.6 Å². The molecule has 2 aromatic carbocycles. The summed E-state index contributed by atoms with van der Waals surface area (Å²) in [6, 6.07) is 13.7. The first-order valence-corrected chi connectivity index (χ1v) is 6.20. The molecule has 96 valence electrons. The van der Waals surface area contributed by atoms with Gasteiger partial charge in [-0.15, -0.1) is 0 Å². The van der Waals surface area contributed by atoms with Crippen LogP contribution in [0.2, 0.25) is 5.02 Å². The first kappa shape index (κ1) is 13.5. The number of hydrogen-bond acceptors (Lipinski definition) is 2. The highest BCUT2D eigenvalue weighted by molar-refractivity contribution is 6.30. The fraction of sp³-hybridized carbons (Fsp3) is 0.133. The maximum atomic E-state index is 13.1. The third kappa shape index (κ3) is 3.78. The lowest BCUT2D eigenvalue weighted by molar-refractivity contribution is 0.619. The molecule has 0 saturated heterocycles. The first-order chi connectivity index (χ1) is 9.19. The topological polar surface area (TPSA) is 35.8 Å². The van der Waals surface area contributed by atoms with E-state index in [1.807, 2.05) is 24.3 Å². The highest BCUT2D eigenvalue weighted by Crippen LogP contribution is 2.12. The number of nitrogens with one attached hydrogen (secondary N) is 1. The predicted molar refractivity (Wildman–Crippen MR) is 73.1 cm³/mol. The fourth-order valence-corrected chi connectivity index (χ4v) is 2.02. The van der Waals surface area contributed by atoms with Gasteiger partial charge in [0.1, 0.15) is 5.82 Å². The monoisotopic (exact) mass is 274 g/mol. The summed E-state index contributed by atoms with van der Waals surface area (Å²) >= 11 is 5.89. The number of nitrogens with zero attached hydrogens (tertiary/aromatic N) is 1. The fourth-order valence-electron chi connectivity index (χ4n) is 1.81. The van der Waals surface area contributed by atoms with E-state index in [1.54, 1.807) is 0 Å². The van der Waals surface area contributed by atoms with Gasteiger partial charge < -0.3 is 5.32 Å². The third-order valence-corrected chi connectivity index (χ3v) is 2.96. The second-order valence-electron chi connectivity index (χ2n) is 4.15. The molecule has 1 N–H and O–H groups in total. The molecule has 0 radical (unpaired) electrons. The maximum absolute atomic E-state index is 13.1. The van der Waals surface area contributed by atoms with E-state index in [1.165, 1.54) is 18.2 Å². The summed E-state index contributed by atoms with van der Waals surface area (Å²) in [6.45, 7) is 1.05. The van der Waals surface area contributed by atoms with Crippen molar-refractivity contribution in [2.75, 3.05) is 0 Å². The summed E-state index contributed by atoms with van der Waals surface area (Å²) in [5, 5.41) is 12.8. The Kier molecular flexibility index (Phi) is 4.51. The zero-order valence-electron chi connectivity index (χ0n) is 10.2. The molecule has 0 saturated carbocycles. The van der Waals surface area contributed by atoms with Crippen LogP contribution in [0.25, 0.3) is 0 Å². The Morgan fingerprint density at radius 2 is 2.00 bits per heavy atom. The van der Waals surface area contributed by atoms with Gasteiger partial charge in [-0.3, -0.25) is 0 Å². The Bertz CT molecular complexity index is 620. The predicted octanol–water partition coefficient (Wildman–Crippen LogP) is 3.64. The number of benzene rings is 2. The highest BCUT2D eigenvalue weighted by atomic mass is 35.5. The Labute approximate surface area is 116 Å².